The molecule has 1 heterocycles. The summed E-state index contributed by atoms with van der Waals surface area (Å²) in [4.78, 5) is 12.5. The lowest BCUT2D eigenvalue weighted by Crippen LogP contribution is -2.22. The average Bonchev–Trinajstić information content (AvgIpc) is 2.52. The van der Waals surface area contributed by atoms with Crippen molar-refractivity contribution in [1.29, 1.82) is 0 Å². The molecule has 0 spiro atoms. The highest BCUT2D eigenvalue weighted by atomic mass is 16.5. The Kier molecular flexibility index (Phi) is 5.19. The fourth-order valence-corrected chi connectivity index (χ4v) is 2.15. The summed E-state index contributed by atoms with van der Waals surface area (Å²) in [5, 5.41) is 1.33. The van der Waals surface area contributed by atoms with Crippen LogP contribution >= 0.6 is 0 Å². The quantitative estimate of drug-likeness (QED) is 0.770. The maximum atomic E-state index is 12.5. The van der Waals surface area contributed by atoms with Crippen LogP contribution < -0.4 is 20.8 Å². The van der Waals surface area contributed by atoms with E-state index < -0.39 is 0 Å². The summed E-state index contributed by atoms with van der Waals surface area (Å²) in [6.45, 7) is 1.89. The molecule has 0 fully saturated rings. The summed E-state index contributed by atoms with van der Waals surface area (Å²) in [5.74, 6) is 1.21. The fourth-order valence-electron chi connectivity index (χ4n) is 2.15. The number of pyridine rings is 1. The first-order valence-electron chi connectivity index (χ1n) is 6.74. The summed E-state index contributed by atoms with van der Waals surface area (Å²) < 4.78 is 17.4. The van der Waals surface area contributed by atoms with E-state index in [9.17, 15) is 4.79 Å². The van der Waals surface area contributed by atoms with Crippen molar-refractivity contribution in [2.45, 2.75) is 6.54 Å². The van der Waals surface area contributed by atoms with E-state index in [1.807, 2.05) is 6.07 Å². The standard InChI is InChI=1S/C15H20N2O4/c1-19-11-9-13-12(14(10-11)20-2)3-5-17(15(13)18)6-8-21-7-4-16/h3,5,9-10H,4,6-8,16H2,1-2H3. The Balaban J connectivity index is 2.38. The molecule has 0 radical (unpaired) electrons. The number of hydrogen-bond donors (Lipinski definition) is 1. The molecule has 0 amide bonds. The third-order valence-corrected chi connectivity index (χ3v) is 3.22. The molecule has 2 rings (SSSR count). The molecule has 1 aromatic heterocycles. The van der Waals surface area contributed by atoms with Crippen LogP contribution in [0.15, 0.2) is 29.2 Å². The molecule has 0 saturated carbocycles. The molecule has 114 valence electrons. The molecule has 2 N–H and O–H groups in total. The minimum atomic E-state index is -0.0963. The Morgan fingerprint density at radius 1 is 1.14 bits per heavy atom. The van der Waals surface area contributed by atoms with E-state index in [4.69, 9.17) is 19.9 Å². The summed E-state index contributed by atoms with van der Waals surface area (Å²) in [6.07, 6.45) is 1.74. The Morgan fingerprint density at radius 3 is 2.62 bits per heavy atom. The zero-order valence-corrected chi connectivity index (χ0v) is 12.3. The van der Waals surface area contributed by atoms with Gasteiger partial charge in [-0.15, -0.1) is 0 Å². The van der Waals surface area contributed by atoms with E-state index in [0.29, 0.717) is 43.2 Å². The molecule has 0 aliphatic rings. The van der Waals surface area contributed by atoms with Crippen molar-refractivity contribution >= 4 is 10.8 Å². The van der Waals surface area contributed by atoms with Gasteiger partial charge >= 0.3 is 0 Å². The monoisotopic (exact) mass is 292 g/mol. The van der Waals surface area contributed by atoms with Crippen LogP contribution in [0.4, 0.5) is 0 Å². The van der Waals surface area contributed by atoms with E-state index in [2.05, 4.69) is 0 Å². The van der Waals surface area contributed by atoms with Crippen LogP contribution in [0, 0.1) is 0 Å². The van der Waals surface area contributed by atoms with Crippen molar-refractivity contribution in [1.82, 2.24) is 4.57 Å². The molecule has 0 atom stereocenters. The minimum absolute atomic E-state index is 0.0963. The highest BCUT2D eigenvalue weighted by Crippen LogP contribution is 2.28. The number of nitrogens with two attached hydrogens (primary N) is 1. The van der Waals surface area contributed by atoms with Gasteiger partial charge in [0.25, 0.3) is 5.56 Å². The Morgan fingerprint density at radius 2 is 1.95 bits per heavy atom. The first-order chi connectivity index (χ1) is 10.2. The lowest BCUT2D eigenvalue weighted by Gasteiger charge is -2.11. The van der Waals surface area contributed by atoms with E-state index in [1.54, 1.807) is 37.1 Å². The Labute approximate surface area is 123 Å². The van der Waals surface area contributed by atoms with Crippen molar-refractivity contribution < 1.29 is 14.2 Å². The highest BCUT2D eigenvalue weighted by molar-refractivity contribution is 5.89. The average molecular weight is 292 g/mol. The number of benzene rings is 1. The molecule has 6 nitrogen and oxygen atoms in total. The third kappa shape index (κ3) is 3.34. The number of fused-ring (bicyclic) bond motifs is 1. The molecular weight excluding hydrogens is 272 g/mol. The number of ether oxygens (including phenoxy) is 3. The second-order valence-electron chi connectivity index (χ2n) is 4.51. The van der Waals surface area contributed by atoms with Gasteiger partial charge in [0, 0.05) is 30.7 Å². The first-order valence-corrected chi connectivity index (χ1v) is 6.74. The molecule has 6 heteroatoms. The van der Waals surface area contributed by atoms with Crippen LogP contribution in [0.25, 0.3) is 10.8 Å². The molecule has 0 bridgehead atoms. The van der Waals surface area contributed by atoms with Gasteiger partial charge in [-0.1, -0.05) is 0 Å². The molecular formula is C15H20N2O4. The van der Waals surface area contributed by atoms with Gasteiger partial charge in [-0.05, 0) is 12.1 Å². The highest BCUT2D eigenvalue weighted by Gasteiger charge is 2.10. The van der Waals surface area contributed by atoms with Gasteiger partial charge in [-0.3, -0.25) is 4.79 Å². The zero-order valence-electron chi connectivity index (χ0n) is 12.3. The van der Waals surface area contributed by atoms with Crippen molar-refractivity contribution in [2.24, 2.45) is 5.73 Å². The smallest absolute Gasteiger partial charge is 0.258 e. The van der Waals surface area contributed by atoms with E-state index in [1.165, 1.54) is 0 Å². The normalized spacial score (nSPS) is 10.8. The van der Waals surface area contributed by atoms with E-state index in [0.717, 1.165) is 5.39 Å². The first kappa shape index (κ1) is 15.3. The van der Waals surface area contributed by atoms with Crippen molar-refractivity contribution in [2.75, 3.05) is 34.0 Å². The molecule has 0 unspecified atom stereocenters. The van der Waals surface area contributed by atoms with Crippen LogP contribution in [0.5, 0.6) is 11.5 Å². The number of hydrogen-bond acceptors (Lipinski definition) is 5. The summed E-state index contributed by atoms with van der Waals surface area (Å²) in [5.41, 5.74) is 5.26. The van der Waals surface area contributed by atoms with Crippen LogP contribution in [-0.2, 0) is 11.3 Å². The van der Waals surface area contributed by atoms with Crippen LogP contribution in [-0.4, -0.2) is 38.5 Å². The second-order valence-corrected chi connectivity index (χ2v) is 4.51. The fraction of sp³-hybridized carbons (Fsp3) is 0.400. The third-order valence-electron chi connectivity index (χ3n) is 3.22. The number of nitrogens with zero attached hydrogens (tertiary/aromatic N) is 1. The van der Waals surface area contributed by atoms with Gasteiger partial charge in [-0.2, -0.15) is 0 Å². The molecule has 0 aliphatic heterocycles. The van der Waals surface area contributed by atoms with Crippen molar-refractivity contribution in [3.8, 4) is 11.5 Å². The predicted molar refractivity (Wildman–Crippen MR) is 81.2 cm³/mol. The lowest BCUT2D eigenvalue weighted by atomic mass is 10.1. The predicted octanol–water partition coefficient (Wildman–Crippen LogP) is 0.994. The SMILES string of the molecule is COc1cc(OC)c2ccn(CCOCCN)c(=O)c2c1. The number of methoxy groups -OCH3 is 2. The lowest BCUT2D eigenvalue weighted by molar-refractivity contribution is 0.132. The number of aromatic nitrogens is 1. The van der Waals surface area contributed by atoms with Crippen molar-refractivity contribution in [3.05, 3.63) is 34.7 Å². The van der Waals surface area contributed by atoms with Gasteiger partial charge in [0.1, 0.15) is 11.5 Å². The molecule has 1 aromatic carbocycles. The summed E-state index contributed by atoms with van der Waals surface area (Å²) >= 11 is 0. The van der Waals surface area contributed by atoms with Gasteiger partial charge in [-0.25, -0.2) is 0 Å². The second kappa shape index (κ2) is 7.10. The molecule has 0 saturated heterocycles. The van der Waals surface area contributed by atoms with Crippen LogP contribution in [0.2, 0.25) is 0 Å². The minimum Gasteiger partial charge on any atom is -0.497 e. The van der Waals surface area contributed by atoms with Gasteiger partial charge < -0.3 is 24.5 Å². The molecule has 21 heavy (non-hydrogen) atoms. The largest absolute Gasteiger partial charge is 0.497 e. The van der Waals surface area contributed by atoms with Crippen LogP contribution in [0.3, 0.4) is 0 Å². The van der Waals surface area contributed by atoms with Gasteiger partial charge in [0.15, 0.2) is 0 Å². The van der Waals surface area contributed by atoms with Crippen molar-refractivity contribution in [3.63, 3.8) is 0 Å². The maximum Gasteiger partial charge on any atom is 0.258 e. The van der Waals surface area contributed by atoms with Gasteiger partial charge in [0.05, 0.1) is 32.8 Å². The maximum absolute atomic E-state index is 12.5. The summed E-state index contributed by atoms with van der Waals surface area (Å²) in [7, 11) is 3.13. The van der Waals surface area contributed by atoms with E-state index in [-0.39, 0.29) is 5.56 Å². The van der Waals surface area contributed by atoms with Gasteiger partial charge in [0.2, 0.25) is 0 Å². The van der Waals surface area contributed by atoms with E-state index >= 15 is 0 Å². The molecule has 0 aliphatic carbocycles. The molecule has 2 aromatic rings. The summed E-state index contributed by atoms with van der Waals surface area (Å²) in [6, 6.07) is 5.34. The topological polar surface area (TPSA) is 75.7 Å². The van der Waals surface area contributed by atoms with Crippen LogP contribution in [0.1, 0.15) is 0 Å². The zero-order chi connectivity index (χ0) is 15.2. The Bertz CT molecular complexity index is 667. The number of rotatable bonds is 7. The Hall–Kier alpha value is -2.05.